The first-order chi connectivity index (χ1) is 14.0. The highest BCUT2D eigenvalue weighted by Gasteiger charge is 2.30. The van der Waals surface area contributed by atoms with E-state index in [2.05, 4.69) is 10.5 Å². The molecule has 0 aliphatic heterocycles. The summed E-state index contributed by atoms with van der Waals surface area (Å²) in [6.07, 6.45) is -3.43. The van der Waals surface area contributed by atoms with E-state index in [9.17, 15) is 31.7 Å². The van der Waals surface area contributed by atoms with E-state index < -0.39 is 32.4 Å². The van der Waals surface area contributed by atoms with Crippen LogP contribution in [0, 0.1) is 10.1 Å². The van der Waals surface area contributed by atoms with Crippen LogP contribution in [0.2, 0.25) is 0 Å². The van der Waals surface area contributed by atoms with Gasteiger partial charge in [0.15, 0.2) is 0 Å². The molecule has 0 saturated carbocycles. The van der Waals surface area contributed by atoms with Crippen molar-refractivity contribution in [2.24, 2.45) is 5.10 Å². The van der Waals surface area contributed by atoms with Crippen LogP contribution in [0.25, 0.3) is 0 Å². The highest BCUT2D eigenvalue weighted by molar-refractivity contribution is 7.89. The Balaban J connectivity index is 2.40. The van der Waals surface area contributed by atoms with Crippen molar-refractivity contribution in [2.75, 3.05) is 18.5 Å². The molecule has 0 aromatic heterocycles. The number of hydrazone groups is 1. The van der Waals surface area contributed by atoms with Gasteiger partial charge in [-0.2, -0.15) is 22.6 Å². The molecule has 2 aromatic rings. The molecule has 0 amide bonds. The van der Waals surface area contributed by atoms with Gasteiger partial charge in [0.05, 0.1) is 22.4 Å². The summed E-state index contributed by atoms with van der Waals surface area (Å²) >= 11 is 0. The lowest BCUT2D eigenvalue weighted by molar-refractivity contribution is -0.385. The van der Waals surface area contributed by atoms with Gasteiger partial charge >= 0.3 is 6.18 Å². The molecule has 2 aromatic carbocycles. The first-order valence-electron chi connectivity index (χ1n) is 8.75. The molecule has 0 aliphatic rings. The quantitative estimate of drug-likeness (QED) is 0.375. The third-order valence-electron chi connectivity index (χ3n) is 4.11. The van der Waals surface area contributed by atoms with Gasteiger partial charge in [-0.3, -0.25) is 15.5 Å². The Labute approximate surface area is 171 Å². The number of alkyl halides is 3. The summed E-state index contributed by atoms with van der Waals surface area (Å²) in [4.78, 5) is 9.98. The number of anilines is 1. The van der Waals surface area contributed by atoms with E-state index in [0.29, 0.717) is 0 Å². The van der Waals surface area contributed by atoms with Crippen molar-refractivity contribution in [3.8, 4) is 0 Å². The molecular formula is C18H19F3N4O4S. The van der Waals surface area contributed by atoms with Crippen molar-refractivity contribution in [2.45, 2.75) is 24.9 Å². The number of nitrogens with one attached hydrogen (secondary N) is 1. The van der Waals surface area contributed by atoms with Gasteiger partial charge in [0.25, 0.3) is 5.69 Å². The maximum absolute atomic E-state index is 12.9. The van der Waals surface area contributed by atoms with Gasteiger partial charge in [-0.05, 0) is 23.8 Å². The first-order valence-corrected chi connectivity index (χ1v) is 10.2. The normalized spacial score (nSPS) is 12.5. The highest BCUT2D eigenvalue weighted by atomic mass is 32.2. The van der Waals surface area contributed by atoms with E-state index >= 15 is 0 Å². The molecule has 30 heavy (non-hydrogen) atoms. The minimum Gasteiger partial charge on any atom is -0.277 e. The summed E-state index contributed by atoms with van der Waals surface area (Å²) < 4.78 is 65.2. The zero-order valence-corrected chi connectivity index (χ0v) is 16.9. The van der Waals surface area contributed by atoms with Crippen LogP contribution in [0.4, 0.5) is 24.5 Å². The number of nitro groups is 1. The number of hydrogen-bond donors (Lipinski definition) is 1. The van der Waals surface area contributed by atoms with Gasteiger partial charge in [-0.15, -0.1) is 0 Å². The van der Waals surface area contributed by atoms with Crippen LogP contribution in [0.1, 0.15) is 25.0 Å². The zero-order chi connectivity index (χ0) is 22.5. The number of nitro benzene ring substituents is 1. The molecule has 1 N–H and O–H groups in total. The Morgan fingerprint density at radius 3 is 2.40 bits per heavy atom. The lowest BCUT2D eigenvalue weighted by Gasteiger charge is -2.20. The predicted octanol–water partition coefficient (Wildman–Crippen LogP) is 4.09. The Kier molecular flexibility index (Phi) is 7.16. The highest BCUT2D eigenvalue weighted by Crippen LogP contribution is 2.30. The summed E-state index contributed by atoms with van der Waals surface area (Å²) in [6.45, 7) is 3.54. The Hall–Kier alpha value is -2.99. The topological polar surface area (TPSA) is 105 Å². The number of sulfonamides is 1. The SMILES string of the molecule is CCN(CC)S(=O)(=O)c1cc([N+](=O)[O-])ccc1N/N=C/c1cccc(C(F)(F)F)c1. The second kappa shape index (κ2) is 9.22. The second-order valence-corrected chi connectivity index (χ2v) is 7.93. The molecule has 0 unspecified atom stereocenters. The van der Waals surface area contributed by atoms with Gasteiger partial charge in [0, 0.05) is 25.2 Å². The molecule has 162 valence electrons. The van der Waals surface area contributed by atoms with Crippen molar-refractivity contribution < 1.29 is 26.5 Å². The summed E-state index contributed by atoms with van der Waals surface area (Å²) in [5.41, 5.74) is 1.26. The molecule has 0 radical (unpaired) electrons. The Morgan fingerprint density at radius 1 is 1.17 bits per heavy atom. The van der Waals surface area contributed by atoms with Crippen LogP contribution in [0.3, 0.4) is 0 Å². The lowest BCUT2D eigenvalue weighted by atomic mass is 10.1. The number of hydrogen-bond acceptors (Lipinski definition) is 6. The van der Waals surface area contributed by atoms with E-state index in [1.807, 2.05) is 0 Å². The summed E-state index contributed by atoms with van der Waals surface area (Å²) in [5, 5.41) is 14.9. The van der Waals surface area contributed by atoms with Crippen molar-refractivity contribution in [3.05, 3.63) is 63.7 Å². The fourth-order valence-corrected chi connectivity index (χ4v) is 4.22. The zero-order valence-electron chi connectivity index (χ0n) is 16.0. The van der Waals surface area contributed by atoms with Crippen LogP contribution in [0.15, 0.2) is 52.5 Å². The van der Waals surface area contributed by atoms with Crippen molar-refractivity contribution >= 4 is 27.6 Å². The van der Waals surface area contributed by atoms with Crippen molar-refractivity contribution in [1.82, 2.24) is 4.31 Å². The number of halogens is 3. The van der Waals surface area contributed by atoms with Gasteiger partial charge in [-0.1, -0.05) is 26.0 Å². The summed E-state index contributed by atoms with van der Waals surface area (Å²) in [6, 6.07) is 7.59. The molecule has 0 heterocycles. The summed E-state index contributed by atoms with van der Waals surface area (Å²) in [5.74, 6) is 0. The van der Waals surface area contributed by atoms with Crippen LogP contribution in [-0.4, -0.2) is 37.0 Å². The number of benzene rings is 2. The van der Waals surface area contributed by atoms with E-state index in [0.717, 1.165) is 34.8 Å². The van der Waals surface area contributed by atoms with Crippen LogP contribution in [0.5, 0.6) is 0 Å². The average molecular weight is 444 g/mol. The molecule has 0 aliphatic carbocycles. The van der Waals surface area contributed by atoms with Crippen molar-refractivity contribution in [3.63, 3.8) is 0 Å². The molecule has 8 nitrogen and oxygen atoms in total. The second-order valence-electron chi connectivity index (χ2n) is 6.02. The van der Waals surface area contributed by atoms with Gasteiger partial charge < -0.3 is 0 Å². The maximum atomic E-state index is 12.9. The molecule has 0 saturated heterocycles. The monoisotopic (exact) mass is 444 g/mol. The molecule has 0 fully saturated rings. The largest absolute Gasteiger partial charge is 0.416 e. The van der Waals surface area contributed by atoms with Crippen LogP contribution in [-0.2, 0) is 16.2 Å². The molecule has 0 spiro atoms. The number of non-ortho nitro benzene ring substituents is 1. The standard InChI is InChI=1S/C18H19F3N4O4S/c1-3-24(4-2)30(28,29)17-11-15(25(26)27)8-9-16(17)23-22-12-13-6-5-7-14(10-13)18(19,20)21/h5-12,23H,3-4H2,1-2H3/b22-12+. The van der Waals surface area contributed by atoms with Gasteiger partial charge in [-0.25, -0.2) is 8.42 Å². The molecule has 2 rings (SSSR count). The predicted molar refractivity (Wildman–Crippen MR) is 106 cm³/mol. The maximum Gasteiger partial charge on any atom is 0.416 e. The average Bonchev–Trinajstić information content (AvgIpc) is 2.68. The van der Waals surface area contributed by atoms with E-state index in [1.165, 1.54) is 18.2 Å². The fourth-order valence-electron chi connectivity index (χ4n) is 2.60. The van der Waals surface area contributed by atoms with Crippen LogP contribution < -0.4 is 5.43 Å². The third-order valence-corrected chi connectivity index (χ3v) is 6.20. The fraction of sp³-hybridized carbons (Fsp3) is 0.278. The Bertz CT molecular complexity index is 1050. The molecule has 12 heteroatoms. The van der Waals surface area contributed by atoms with Crippen LogP contribution >= 0.6 is 0 Å². The van der Waals surface area contributed by atoms with E-state index in [-0.39, 0.29) is 29.2 Å². The minimum atomic E-state index is -4.51. The van der Waals surface area contributed by atoms with E-state index in [4.69, 9.17) is 0 Å². The van der Waals surface area contributed by atoms with Crippen molar-refractivity contribution in [1.29, 1.82) is 0 Å². The van der Waals surface area contributed by atoms with E-state index in [1.54, 1.807) is 13.8 Å². The molecular weight excluding hydrogens is 425 g/mol. The summed E-state index contributed by atoms with van der Waals surface area (Å²) in [7, 11) is -4.07. The number of rotatable bonds is 8. The minimum absolute atomic E-state index is 0.0456. The van der Waals surface area contributed by atoms with Gasteiger partial charge in [0.1, 0.15) is 4.90 Å². The smallest absolute Gasteiger partial charge is 0.277 e. The Morgan fingerprint density at radius 2 is 1.83 bits per heavy atom. The number of nitrogens with zero attached hydrogens (tertiary/aromatic N) is 3. The molecule has 0 bridgehead atoms. The molecule has 0 atom stereocenters. The third kappa shape index (κ3) is 5.33. The first kappa shape index (κ1) is 23.3. The van der Waals surface area contributed by atoms with Gasteiger partial charge in [0.2, 0.25) is 10.0 Å². The lowest BCUT2D eigenvalue weighted by Crippen LogP contribution is -2.31.